The molecule has 0 fully saturated rings. The van der Waals surface area contributed by atoms with Crippen LogP contribution in [0.25, 0.3) is 11.0 Å². The molecule has 0 atom stereocenters. The number of carbonyl (C=O) groups is 1. The molecule has 2 aromatic carbocycles. The standard InChI is InChI=1S/C16H14ClN3O2/c1-2-22-15(21)10-3-6-12(7-4-10)18-16-19-13-8-5-11(17)9-14(13)20-16/h3-9H,2H2,1H3,(H2,18,19,20). The minimum atomic E-state index is -0.326. The molecular weight excluding hydrogens is 302 g/mol. The van der Waals surface area contributed by atoms with Gasteiger partial charge >= 0.3 is 5.97 Å². The van der Waals surface area contributed by atoms with E-state index in [1.54, 1.807) is 37.3 Å². The minimum absolute atomic E-state index is 0.326. The molecule has 0 unspecified atom stereocenters. The number of carbonyl (C=O) groups excluding carboxylic acids is 1. The maximum absolute atomic E-state index is 11.6. The van der Waals surface area contributed by atoms with Crippen molar-refractivity contribution in [3.05, 3.63) is 53.1 Å². The van der Waals surface area contributed by atoms with Gasteiger partial charge in [0.05, 0.1) is 23.2 Å². The molecule has 0 aliphatic heterocycles. The molecule has 0 aliphatic carbocycles. The smallest absolute Gasteiger partial charge is 0.338 e. The number of hydrogen-bond donors (Lipinski definition) is 2. The van der Waals surface area contributed by atoms with Gasteiger partial charge in [-0.25, -0.2) is 9.78 Å². The molecule has 0 bridgehead atoms. The Labute approximate surface area is 132 Å². The van der Waals surface area contributed by atoms with Gasteiger partial charge in [0, 0.05) is 10.7 Å². The van der Waals surface area contributed by atoms with Gasteiger partial charge in [0.25, 0.3) is 0 Å². The van der Waals surface area contributed by atoms with Crippen LogP contribution in [0.3, 0.4) is 0 Å². The number of aromatic nitrogens is 2. The van der Waals surface area contributed by atoms with Crippen LogP contribution in [-0.2, 0) is 4.74 Å². The molecule has 2 N–H and O–H groups in total. The molecule has 0 radical (unpaired) electrons. The van der Waals surface area contributed by atoms with Crippen LogP contribution in [0.15, 0.2) is 42.5 Å². The maximum Gasteiger partial charge on any atom is 0.338 e. The van der Waals surface area contributed by atoms with E-state index in [9.17, 15) is 4.79 Å². The molecule has 22 heavy (non-hydrogen) atoms. The van der Waals surface area contributed by atoms with Gasteiger partial charge < -0.3 is 15.0 Å². The highest BCUT2D eigenvalue weighted by Gasteiger charge is 2.07. The molecule has 0 saturated heterocycles. The Morgan fingerprint density at radius 3 is 2.77 bits per heavy atom. The van der Waals surface area contributed by atoms with Gasteiger partial charge in [-0.05, 0) is 49.4 Å². The fourth-order valence-electron chi connectivity index (χ4n) is 2.08. The zero-order valence-electron chi connectivity index (χ0n) is 11.9. The van der Waals surface area contributed by atoms with Crippen molar-refractivity contribution in [2.45, 2.75) is 6.92 Å². The molecule has 0 amide bonds. The predicted octanol–water partition coefficient (Wildman–Crippen LogP) is 4.14. The van der Waals surface area contributed by atoms with Crippen LogP contribution in [0.2, 0.25) is 5.02 Å². The average molecular weight is 316 g/mol. The summed E-state index contributed by atoms with van der Waals surface area (Å²) >= 11 is 5.95. The maximum atomic E-state index is 11.6. The lowest BCUT2D eigenvalue weighted by Gasteiger charge is -2.04. The molecule has 0 aliphatic rings. The SMILES string of the molecule is CCOC(=O)c1ccc(Nc2nc3ccc(Cl)cc3[nH]2)cc1. The number of aromatic amines is 1. The summed E-state index contributed by atoms with van der Waals surface area (Å²) in [6.45, 7) is 2.14. The van der Waals surface area contributed by atoms with Crippen molar-refractivity contribution in [2.24, 2.45) is 0 Å². The Hall–Kier alpha value is -2.53. The van der Waals surface area contributed by atoms with Gasteiger partial charge in [-0.3, -0.25) is 0 Å². The number of nitrogens with zero attached hydrogens (tertiary/aromatic N) is 1. The van der Waals surface area contributed by atoms with Crippen LogP contribution in [0.4, 0.5) is 11.6 Å². The fraction of sp³-hybridized carbons (Fsp3) is 0.125. The Morgan fingerprint density at radius 1 is 1.27 bits per heavy atom. The van der Waals surface area contributed by atoms with E-state index in [0.717, 1.165) is 16.7 Å². The summed E-state index contributed by atoms with van der Waals surface area (Å²) in [7, 11) is 0. The van der Waals surface area contributed by atoms with Crippen molar-refractivity contribution in [1.29, 1.82) is 0 Å². The second-order valence-electron chi connectivity index (χ2n) is 4.67. The number of esters is 1. The molecule has 1 aromatic heterocycles. The number of ether oxygens (including phenoxy) is 1. The van der Waals surface area contributed by atoms with E-state index in [1.165, 1.54) is 0 Å². The number of benzene rings is 2. The topological polar surface area (TPSA) is 67.0 Å². The number of nitrogens with one attached hydrogen (secondary N) is 2. The summed E-state index contributed by atoms with van der Waals surface area (Å²) in [6, 6.07) is 12.5. The number of imidazole rings is 1. The second-order valence-corrected chi connectivity index (χ2v) is 5.11. The third-order valence-electron chi connectivity index (χ3n) is 3.10. The van der Waals surface area contributed by atoms with Crippen LogP contribution in [0.5, 0.6) is 0 Å². The predicted molar refractivity (Wildman–Crippen MR) is 86.8 cm³/mol. The number of hydrogen-bond acceptors (Lipinski definition) is 4. The van der Waals surface area contributed by atoms with Crippen molar-refractivity contribution >= 4 is 40.2 Å². The summed E-state index contributed by atoms with van der Waals surface area (Å²) in [6.07, 6.45) is 0. The normalized spacial score (nSPS) is 10.6. The number of fused-ring (bicyclic) bond motifs is 1. The number of anilines is 2. The highest BCUT2D eigenvalue weighted by atomic mass is 35.5. The lowest BCUT2D eigenvalue weighted by molar-refractivity contribution is 0.0526. The average Bonchev–Trinajstić information content (AvgIpc) is 2.89. The van der Waals surface area contributed by atoms with Crippen LogP contribution < -0.4 is 5.32 Å². The Kier molecular flexibility index (Phi) is 3.98. The van der Waals surface area contributed by atoms with Gasteiger partial charge in [-0.2, -0.15) is 0 Å². The highest BCUT2D eigenvalue weighted by Crippen LogP contribution is 2.21. The first kappa shape index (κ1) is 14.4. The van der Waals surface area contributed by atoms with Crippen molar-refractivity contribution < 1.29 is 9.53 Å². The number of H-pyrrole nitrogens is 1. The van der Waals surface area contributed by atoms with E-state index in [2.05, 4.69) is 15.3 Å². The monoisotopic (exact) mass is 315 g/mol. The zero-order chi connectivity index (χ0) is 15.5. The molecule has 6 heteroatoms. The first-order valence-corrected chi connectivity index (χ1v) is 7.23. The molecule has 0 saturated carbocycles. The molecule has 3 rings (SSSR count). The largest absolute Gasteiger partial charge is 0.462 e. The van der Waals surface area contributed by atoms with E-state index in [-0.39, 0.29) is 5.97 Å². The summed E-state index contributed by atoms with van der Waals surface area (Å²) in [4.78, 5) is 19.2. The van der Waals surface area contributed by atoms with Crippen LogP contribution in [0, 0.1) is 0 Å². The Balaban J connectivity index is 1.78. The first-order chi connectivity index (χ1) is 10.7. The molecule has 0 spiro atoms. The quantitative estimate of drug-likeness (QED) is 0.710. The lowest BCUT2D eigenvalue weighted by Crippen LogP contribution is -2.04. The van der Waals surface area contributed by atoms with Gasteiger partial charge in [0.1, 0.15) is 0 Å². The van der Waals surface area contributed by atoms with E-state index < -0.39 is 0 Å². The summed E-state index contributed by atoms with van der Waals surface area (Å²) in [5, 5.41) is 3.80. The van der Waals surface area contributed by atoms with Crippen molar-refractivity contribution in [3.63, 3.8) is 0 Å². The molecule has 3 aromatic rings. The van der Waals surface area contributed by atoms with E-state index >= 15 is 0 Å². The molecule has 1 heterocycles. The fourth-order valence-corrected chi connectivity index (χ4v) is 2.25. The molecular formula is C16H14ClN3O2. The third kappa shape index (κ3) is 3.04. The summed E-state index contributed by atoms with van der Waals surface area (Å²) < 4.78 is 4.95. The Bertz CT molecular complexity index is 812. The van der Waals surface area contributed by atoms with Crippen LogP contribution in [0.1, 0.15) is 17.3 Å². The van der Waals surface area contributed by atoms with Gasteiger partial charge in [-0.15, -0.1) is 0 Å². The van der Waals surface area contributed by atoms with Crippen LogP contribution in [-0.4, -0.2) is 22.5 Å². The number of halogens is 1. The van der Waals surface area contributed by atoms with Gasteiger partial charge in [0.15, 0.2) is 0 Å². The first-order valence-electron chi connectivity index (χ1n) is 6.85. The van der Waals surface area contributed by atoms with E-state index in [1.807, 2.05) is 12.1 Å². The number of rotatable bonds is 4. The van der Waals surface area contributed by atoms with Crippen molar-refractivity contribution in [3.8, 4) is 0 Å². The highest BCUT2D eigenvalue weighted by molar-refractivity contribution is 6.31. The summed E-state index contributed by atoms with van der Waals surface area (Å²) in [5.74, 6) is 0.286. The van der Waals surface area contributed by atoms with Gasteiger partial charge in [-0.1, -0.05) is 11.6 Å². The zero-order valence-corrected chi connectivity index (χ0v) is 12.6. The second kappa shape index (κ2) is 6.07. The van der Waals surface area contributed by atoms with Crippen LogP contribution >= 0.6 is 11.6 Å². The summed E-state index contributed by atoms with van der Waals surface area (Å²) in [5.41, 5.74) is 3.02. The van der Waals surface area contributed by atoms with Crippen molar-refractivity contribution in [2.75, 3.05) is 11.9 Å². The van der Waals surface area contributed by atoms with E-state index in [4.69, 9.17) is 16.3 Å². The van der Waals surface area contributed by atoms with Crippen molar-refractivity contribution in [1.82, 2.24) is 9.97 Å². The lowest BCUT2D eigenvalue weighted by atomic mass is 10.2. The minimum Gasteiger partial charge on any atom is -0.462 e. The molecule has 5 nitrogen and oxygen atoms in total. The van der Waals surface area contributed by atoms with E-state index in [0.29, 0.717) is 23.1 Å². The Morgan fingerprint density at radius 2 is 2.05 bits per heavy atom. The third-order valence-corrected chi connectivity index (χ3v) is 3.34. The van der Waals surface area contributed by atoms with Gasteiger partial charge in [0.2, 0.25) is 5.95 Å². The molecule has 112 valence electrons.